The second kappa shape index (κ2) is 7.81. The molecule has 0 saturated heterocycles. The predicted molar refractivity (Wildman–Crippen MR) is 78.7 cm³/mol. The summed E-state index contributed by atoms with van der Waals surface area (Å²) in [4.78, 5) is 4.05. The van der Waals surface area contributed by atoms with E-state index in [2.05, 4.69) is 29.3 Å². The van der Waals surface area contributed by atoms with E-state index in [4.69, 9.17) is 15.7 Å². The first-order valence-corrected chi connectivity index (χ1v) is 6.61. The summed E-state index contributed by atoms with van der Waals surface area (Å²) in [6.45, 7) is 6.76. The Hall–Kier alpha value is -1.66. The molecule has 4 N–H and O–H groups in total. The Labute approximate surface area is 120 Å². The zero-order chi connectivity index (χ0) is 15.0. The van der Waals surface area contributed by atoms with Crippen molar-refractivity contribution >= 4 is 5.84 Å². The Morgan fingerprint density at radius 1 is 1.55 bits per heavy atom. The van der Waals surface area contributed by atoms with Gasteiger partial charge in [0.05, 0.1) is 0 Å². The minimum Gasteiger partial charge on any atom is -0.409 e. The summed E-state index contributed by atoms with van der Waals surface area (Å²) in [5.74, 6) is 0.0206. The van der Waals surface area contributed by atoms with Gasteiger partial charge in [-0.1, -0.05) is 19.0 Å². The molecule has 0 aliphatic heterocycles. The number of hydrogen-bond acceptors (Lipinski definition) is 5. The summed E-state index contributed by atoms with van der Waals surface area (Å²) < 4.78 is 5.11. The Kier molecular flexibility index (Phi) is 6.41. The van der Waals surface area contributed by atoms with Gasteiger partial charge in [-0.3, -0.25) is 4.98 Å². The zero-order valence-corrected chi connectivity index (χ0v) is 12.4. The van der Waals surface area contributed by atoms with Crippen molar-refractivity contribution in [2.24, 2.45) is 16.3 Å². The van der Waals surface area contributed by atoms with Gasteiger partial charge in [0, 0.05) is 33.0 Å². The fourth-order valence-corrected chi connectivity index (χ4v) is 1.79. The summed E-state index contributed by atoms with van der Waals surface area (Å²) in [6, 6.07) is 3.72. The Bertz CT molecular complexity index is 447. The molecular formula is C14H24N4O2. The molecule has 0 amide bonds. The smallest absolute Gasteiger partial charge is 0.188 e. The van der Waals surface area contributed by atoms with E-state index >= 15 is 0 Å². The number of pyridine rings is 1. The summed E-state index contributed by atoms with van der Waals surface area (Å²) >= 11 is 0. The van der Waals surface area contributed by atoms with Gasteiger partial charge >= 0.3 is 0 Å². The lowest BCUT2D eigenvalue weighted by molar-refractivity contribution is 0.150. The van der Waals surface area contributed by atoms with Crippen molar-refractivity contribution in [2.75, 3.05) is 20.3 Å². The number of amidine groups is 1. The van der Waals surface area contributed by atoms with E-state index in [9.17, 15) is 0 Å². The van der Waals surface area contributed by atoms with Crippen LogP contribution in [0, 0.1) is 5.41 Å². The third-order valence-electron chi connectivity index (χ3n) is 3.11. The number of aromatic nitrogens is 1. The average Bonchev–Trinajstić information content (AvgIpc) is 2.44. The minimum absolute atomic E-state index is 0.0206. The average molecular weight is 280 g/mol. The summed E-state index contributed by atoms with van der Waals surface area (Å²) in [5.41, 5.74) is 7.22. The second-order valence-electron chi connectivity index (χ2n) is 5.55. The van der Waals surface area contributed by atoms with E-state index in [0.29, 0.717) is 12.2 Å². The van der Waals surface area contributed by atoms with Gasteiger partial charge in [-0.15, -0.1) is 0 Å². The SMILES string of the molecule is COCCC(C)(C)CNCc1ccnc(/C(N)=N/O)c1. The molecule has 0 aliphatic carbocycles. The highest BCUT2D eigenvalue weighted by molar-refractivity contribution is 5.95. The molecule has 1 heterocycles. The van der Waals surface area contributed by atoms with Crippen molar-refractivity contribution in [3.05, 3.63) is 29.6 Å². The van der Waals surface area contributed by atoms with Crippen LogP contribution in [0.5, 0.6) is 0 Å². The van der Waals surface area contributed by atoms with Crippen molar-refractivity contribution in [1.29, 1.82) is 0 Å². The van der Waals surface area contributed by atoms with Crippen LogP contribution in [-0.2, 0) is 11.3 Å². The number of hydrogen-bond donors (Lipinski definition) is 3. The third-order valence-corrected chi connectivity index (χ3v) is 3.11. The number of methoxy groups -OCH3 is 1. The van der Waals surface area contributed by atoms with Crippen molar-refractivity contribution in [3.63, 3.8) is 0 Å². The van der Waals surface area contributed by atoms with Crippen LogP contribution in [0.3, 0.4) is 0 Å². The Morgan fingerprint density at radius 2 is 2.30 bits per heavy atom. The quantitative estimate of drug-likeness (QED) is 0.289. The van der Waals surface area contributed by atoms with Gasteiger partial charge in [0.1, 0.15) is 5.69 Å². The first kappa shape index (κ1) is 16.4. The van der Waals surface area contributed by atoms with Gasteiger partial charge in [0.2, 0.25) is 0 Å². The molecule has 20 heavy (non-hydrogen) atoms. The molecule has 6 nitrogen and oxygen atoms in total. The van der Waals surface area contributed by atoms with Gasteiger partial charge < -0.3 is 21.0 Å². The normalized spacial score (nSPS) is 12.7. The lowest BCUT2D eigenvalue weighted by atomic mass is 9.89. The number of oxime groups is 1. The van der Waals surface area contributed by atoms with Crippen LogP contribution >= 0.6 is 0 Å². The molecule has 1 aromatic heterocycles. The van der Waals surface area contributed by atoms with Gasteiger partial charge in [-0.05, 0) is 29.5 Å². The van der Waals surface area contributed by atoms with Crippen LogP contribution in [0.15, 0.2) is 23.5 Å². The largest absolute Gasteiger partial charge is 0.409 e. The maximum absolute atomic E-state index is 8.64. The van der Waals surface area contributed by atoms with Gasteiger partial charge in [-0.25, -0.2) is 0 Å². The molecule has 0 atom stereocenters. The third kappa shape index (κ3) is 5.54. The molecule has 0 unspecified atom stereocenters. The summed E-state index contributed by atoms with van der Waals surface area (Å²) in [7, 11) is 1.72. The lowest BCUT2D eigenvalue weighted by Crippen LogP contribution is -2.30. The van der Waals surface area contributed by atoms with Crippen molar-refractivity contribution < 1.29 is 9.94 Å². The first-order valence-electron chi connectivity index (χ1n) is 6.61. The maximum Gasteiger partial charge on any atom is 0.188 e. The van der Waals surface area contributed by atoms with Crippen LogP contribution in [0.1, 0.15) is 31.5 Å². The van der Waals surface area contributed by atoms with E-state index < -0.39 is 0 Å². The number of ether oxygens (including phenoxy) is 1. The minimum atomic E-state index is 0.0206. The highest BCUT2D eigenvalue weighted by Crippen LogP contribution is 2.18. The fourth-order valence-electron chi connectivity index (χ4n) is 1.79. The molecule has 0 saturated carbocycles. The highest BCUT2D eigenvalue weighted by atomic mass is 16.5. The fraction of sp³-hybridized carbons (Fsp3) is 0.571. The predicted octanol–water partition coefficient (Wildman–Crippen LogP) is 1.33. The Balaban J connectivity index is 2.50. The molecule has 112 valence electrons. The van der Waals surface area contributed by atoms with Crippen LogP contribution in [0.25, 0.3) is 0 Å². The van der Waals surface area contributed by atoms with Gasteiger partial charge in [0.15, 0.2) is 5.84 Å². The molecule has 1 rings (SSSR count). The monoisotopic (exact) mass is 280 g/mol. The maximum atomic E-state index is 8.64. The van der Waals surface area contributed by atoms with Crippen LogP contribution in [0.2, 0.25) is 0 Å². The number of nitrogens with two attached hydrogens (primary N) is 1. The topological polar surface area (TPSA) is 92.8 Å². The van der Waals surface area contributed by atoms with E-state index in [1.807, 2.05) is 12.1 Å². The summed E-state index contributed by atoms with van der Waals surface area (Å²) in [6.07, 6.45) is 2.66. The molecule has 0 fully saturated rings. The van der Waals surface area contributed by atoms with E-state index in [0.717, 1.165) is 25.1 Å². The Morgan fingerprint density at radius 3 is 2.95 bits per heavy atom. The van der Waals surface area contributed by atoms with Crippen LogP contribution < -0.4 is 11.1 Å². The molecule has 0 aliphatic rings. The second-order valence-corrected chi connectivity index (χ2v) is 5.55. The highest BCUT2D eigenvalue weighted by Gasteiger charge is 2.16. The van der Waals surface area contributed by atoms with Crippen molar-refractivity contribution in [1.82, 2.24) is 10.3 Å². The zero-order valence-electron chi connectivity index (χ0n) is 12.4. The van der Waals surface area contributed by atoms with Gasteiger partial charge in [0.25, 0.3) is 0 Å². The van der Waals surface area contributed by atoms with Gasteiger partial charge in [-0.2, -0.15) is 0 Å². The van der Waals surface area contributed by atoms with E-state index in [1.54, 1.807) is 13.3 Å². The number of nitrogens with one attached hydrogen (secondary N) is 1. The molecule has 0 radical (unpaired) electrons. The molecule has 0 spiro atoms. The number of nitrogens with zero attached hydrogens (tertiary/aromatic N) is 2. The molecule has 0 aromatic carbocycles. The summed E-state index contributed by atoms with van der Waals surface area (Å²) in [5, 5.41) is 15.0. The van der Waals surface area contributed by atoms with Crippen LogP contribution in [-0.4, -0.2) is 36.3 Å². The lowest BCUT2D eigenvalue weighted by Gasteiger charge is -2.24. The first-order chi connectivity index (χ1) is 9.48. The molecule has 1 aromatic rings. The molecular weight excluding hydrogens is 256 g/mol. The van der Waals surface area contributed by atoms with E-state index in [-0.39, 0.29) is 11.3 Å². The molecule has 0 bridgehead atoms. The molecule has 6 heteroatoms. The van der Waals surface area contributed by atoms with Crippen molar-refractivity contribution in [3.8, 4) is 0 Å². The van der Waals surface area contributed by atoms with E-state index in [1.165, 1.54) is 0 Å². The van der Waals surface area contributed by atoms with Crippen LogP contribution in [0.4, 0.5) is 0 Å². The van der Waals surface area contributed by atoms with Crippen molar-refractivity contribution in [2.45, 2.75) is 26.8 Å². The number of rotatable bonds is 8. The standard InChI is InChI=1S/C14H24N4O2/c1-14(2,5-7-20-3)10-16-9-11-4-6-17-12(8-11)13(15)18-19/h4,6,8,16,19H,5,7,9-10H2,1-3H3,(H2,15,18).